The molecule has 9 heteroatoms. The zero-order chi connectivity index (χ0) is 19.8. The largest absolute Gasteiger partial charge is 0.353 e. The van der Waals surface area contributed by atoms with Crippen LogP contribution in [0.5, 0.6) is 0 Å². The Kier molecular flexibility index (Phi) is 7.53. The van der Waals surface area contributed by atoms with Crippen molar-refractivity contribution in [3.63, 3.8) is 0 Å². The molecule has 2 aromatic heterocycles. The van der Waals surface area contributed by atoms with Crippen molar-refractivity contribution in [1.82, 2.24) is 30.4 Å². The molecule has 28 heavy (non-hydrogen) atoms. The highest BCUT2D eigenvalue weighted by Crippen LogP contribution is 2.25. The summed E-state index contributed by atoms with van der Waals surface area (Å²) in [5.41, 5.74) is 1.08. The molecule has 0 saturated heterocycles. The van der Waals surface area contributed by atoms with Crippen LogP contribution in [0.1, 0.15) is 56.2 Å². The molecule has 0 unspecified atom stereocenters. The van der Waals surface area contributed by atoms with Gasteiger partial charge in [-0.25, -0.2) is 9.97 Å². The molecular formula is C19H28N6O2S. The van der Waals surface area contributed by atoms with Gasteiger partial charge in [-0.05, 0) is 38.5 Å². The van der Waals surface area contributed by atoms with E-state index in [4.69, 9.17) is 0 Å². The van der Waals surface area contributed by atoms with Gasteiger partial charge >= 0.3 is 0 Å². The fourth-order valence-electron chi connectivity index (χ4n) is 3.45. The van der Waals surface area contributed by atoms with Crippen LogP contribution in [0.15, 0.2) is 18.0 Å². The highest BCUT2D eigenvalue weighted by molar-refractivity contribution is 7.09. The molecule has 0 radical (unpaired) electrons. The maximum Gasteiger partial charge on any atom is 0.223 e. The van der Waals surface area contributed by atoms with Crippen LogP contribution in [0.2, 0.25) is 0 Å². The SMILES string of the molecule is CCc1csc(CNC(=O)C2CCC(NC(=O)CCCn3cncn3)CC2)n1. The van der Waals surface area contributed by atoms with E-state index in [-0.39, 0.29) is 23.8 Å². The lowest BCUT2D eigenvalue weighted by atomic mass is 9.85. The van der Waals surface area contributed by atoms with Crippen molar-refractivity contribution in [3.05, 3.63) is 28.7 Å². The Morgan fingerprint density at radius 1 is 1.29 bits per heavy atom. The van der Waals surface area contributed by atoms with E-state index in [0.717, 1.165) is 49.2 Å². The smallest absolute Gasteiger partial charge is 0.223 e. The van der Waals surface area contributed by atoms with Gasteiger partial charge in [-0.1, -0.05) is 6.92 Å². The summed E-state index contributed by atoms with van der Waals surface area (Å²) in [6.45, 7) is 3.27. The van der Waals surface area contributed by atoms with Crippen molar-refractivity contribution in [2.24, 2.45) is 5.92 Å². The summed E-state index contributed by atoms with van der Waals surface area (Å²) in [5, 5.41) is 13.1. The second-order valence-corrected chi connectivity index (χ2v) is 8.12. The first-order valence-electron chi connectivity index (χ1n) is 9.96. The average Bonchev–Trinajstić information content (AvgIpc) is 3.38. The van der Waals surface area contributed by atoms with E-state index in [1.54, 1.807) is 22.3 Å². The average molecular weight is 405 g/mol. The number of nitrogens with one attached hydrogen (secondary N) is 2. The molecular weight excluding hydrogens is 376 g/mol. The number of carbonyl (C=O) groups excluding carboxylic acids is 2. The Labute approximate surface area is 169 Å². The number of amides is 2. The van der Waals surface area contributed by atoms with Gasteiger partial charge < -0.3 is 10.6 Å². The number of carbonyl (C=O) groups is 2. The number of hydrogen-bond acceptors (Lipinski definition) is 6. The lowest BCUT2D eigenvalue weighted by molar-refractivity contribution is -0.126. The van der Waals surface area contributed by atoms with E-state index in [1.807, 2.05) is 5.38 Å². The zero-order valence-electron chi connectivity index (χ0n) is 16.3. The van der Waals surface area contributed by atoms with Crippen molar-refractivity contribution >= 4 is 23.2 Å². The molecule has 0 aliphatic heterocycles. The summed E-state index contributed by atoms with van der Waals surface area (Å²) < 4.78 is 1.73. The van der Waals surface area contributed by atoms with E-state index in [9.17, 15) is 9.59 Å². The molecule has 0 aromatic carbocycles. The third-order valence-electron chi connectivity index (χ3n) is 5.10. The summed E-state index contributed by atoms with van der Waals surface area (Å²) in [4.78, 5) is 32.9. The maximum atomic E-state index is 12.4. The second-order valence-electron chi connectivity index (χ2n) is 7.18. The summed E-state index contributed by atoms with van der Waals surface area (Å²) in [7, 11) is 0. The molecule has 2 aromatic rings. The Balaban J connectivity index is 1.31. The van der Waals surface area contributed by atoms with Gasteiger partial charge in [0, 0.05) is 30.3 Å². The van der Waals surface area contributed by atoms with Gasteiger partial charge in [0.15, 0.2) is 0 Å². The summed E-state index contributed by atoms with van der Waals surface area (Å²) >= 11 is 1.59. The molecule has 1 aliphatic rings. The van der Waals surface area contributed by atoms with E-state index < -0.39 is 0 Å². The Bertz CT molecular complexity index is 752. The van der Waals surface area contributed by atoms with Crippen LogP contribution >= 0.6 is 11.3 Å². The summed E-state index contributed by atoms with van der Waals surface area (Å²) in [5.74, 6) is 0.209. The number of nitrogens with zero attached hydrogens (tertiary/aromatic N) is 4. The van der Waals surface area contributed by atoms with E-state index in [1.165, 1.54) is 6.33 Å². The van der Waals surface area contributed by atoms with Gasteiger partial charge in [0.2, 0.25) is 11.8 Å². The predicted octanol–water partition coefficient (Wildman–Crippen LogP) is 2.07. The van der Waals surface area contributed by atoms with Crippen molar-refractivity contribution < 1.29 is 9.59 Å². The quantitative estimate of drug-likeness (QED) is 0.666. The van der Waals surface area contributed by atoms with Crippen LogP contribution < -0.4 is 10.6 Å². The lowest BCUT2D eigenvalue weighted by Crippen LogP contribution is -2.40. The number of aromatic nitrogens is 4. The minimum Gasteiger partial charge on any atom is -0.353 e. The van der Waals surface area contributed by atoms with Crippen LogP contribution in [0.4, 0.5) is 0 Å². The first-order valence-corrected chi connectivity index (χ1v) is 10.8. The monoisotopic (exact) mass is 404 g/mol. The topological polar surface area (TPSA) is 102 Å². The predicted molar refractivity (Wildman–Crippen MR) is 106 cm³/mol. The Morgan fingerprint density at radius 3 is 2.79 bits per heavy atom. The van der Waals surface area contributed by atoms with Crippen LogP contribution in [-0.2, 0) is 29.1 Å². The van der Waals surface area contributed by atoms with Gasteiger partial charge in [0.1, 0.15) is 17.7 Å². The normalized spacial score (nSPS) is 19.3. The van der Waals surface area contributed by atoms with Crippen LogP contribution in [0.25, 0.3) is 0 Å². The third-order valence-corrected chi connectivity index (χ3v) is 5.99. The second kappa shape index (κ2) is 10.3. The molecule has 1 aliphatic carbocycles. The number of hydrogen-bond donors (Lipinski definition) is 2. The molecule has 0 atom stereocenters. The lowest BCUT2D eigenvalue weighted by Gasteiger charge is -2.28. The van der Waals surface area contributed by atoms with E-state index in [2.05, 4.69) is 32.6 Å². The Hall–Kier alpha value is -2.29. The summed E-state index contributed by atoms with van der Waals surface area (Å²) in [6.07, 6.45) is 8.61. The van der Waals surface area contributed by atoms with Crippen LogP contribution in [0.3, 0.4) is 0 Å². The fourth-order valence-corrected chi connectivity index (χ4v) is 4.27. The Morgan fingerprint density at radius 2 is 2.11 bits per heavy atom. The molecule has 0 bridgehead atoms. The van der Waals surface area contributed by atoms with Gasteiger partial charge in [0.25, 0.3) is 0 Å². The van der Waals surface area contributed by atoms with E-state index >= 15 is 0 Å². The summed E-state index contributed by atoms with van der Waals surface area (Å²) in [6, 6.07) is 0.175. The maximum absolute atomic E-state index is 12.4. The van der Waals surface area contributed by atoms with Gasteiger partial charge in [-0.15, -0.1) is 11.3 Å². The van der Waals surface area contributed by atoms with Crippen LogP contribution in [0, 0.1) is 5.92 Å². The minimum atomic E-state index is 0.0334. The standard InChI is InChI=1S/C19H28N6O2S/c1-2-15-11-28-18(24-15)10-21-19(27)14-5-7-16(8-6-14)23-17(26)4-3-9-25-13-20-12-22-25/h11-14,16H,2-10H2,1H3,(H,21,27)(H,23,26). The third kappa shape index (κ3) is 6.12. The molecule has 0 spiro atoms. The van der Waals surface area contributed by atoms with Gasteiger partial charge in [0.05, 0.1) is 12.2 Å². The number of aryl methyl sites for hydroxylation is 2. The molecule has 1 saturated carbocycles. The van der Waals surface area contributed by atoms with E-state index in [0.29, 0.717) is 19.5 Å². The molecule has 2 amide bonds. The molecule has 2 heterocycles. The first-order chi connectivity index (χ1) is 13.6. The van der Waals surface area contributed by atoms with Crippen molar-refractivity contribution in [2.45, 2.75) is 71.0 Å². The first kappa shape index (κ1) is 20.4. The molecule has 2 N–H and O–H groups in total. The molecule has 3 rings (SSSR count). The molecule has 152 valence electrons. The highest BCUT2D eigenvalue weighted by atomic mass is 32.1. The molecule has 8 nitrogen and oxygen atoms in total. The number of thiazole rings is 1. The molecule has 1 fully saturated rings. The fraction of sp³-hybridized carbons (Fsp3) is 0.632. The van der Waals surface area contributed by atoms with Crippen LogP contribution in [-0.4, -0.2) is 37.6 Å². The van der Waals surface area contributed by atoms with Crippen molar-refractivity contribution in [2.75, 3.05) is 0 Å². The van der Waals surface area contributed by atoms with Gasteiger partial charge in [-0.2, -0.15) is 5.10 Å². The highest BCUT2D eigenvalue weighted by Gasteiger charge is 2.27. The van der Waals surface area contributed by atoms with Gasteiger partial charge in [-0.3, -0.25) is 14.3 Å². The zero-order valence-corrected chi connectivity index (χ0v) is 17.1. The minimum absolute atomic E-state index is 0.0334. The van der Waals surface area contributed by atoms with Crippen molar-refractivity contribution in [3.8, 4) is 0 Å². The van der Waals surface area contributed by atoms with Crippen molar-refractivity contribution in [1.29, 1.82) is 0 Å². The number of rotatable bonds is 9.